The Labute approximate surface area is 143 Å². The summed E-state index contributed by atoms with van der Waals surface area (Å²) in [5, 5.41) is 6.19. The second-order valence-electron chi connectivity index (χ2n) is 6.04. The Kier molecular flexibility index (Phi) is 6.42. The zero-order chi connectivity index (χ0) is 15.4. The molecule has 0 aliphatic carbocycles. The van der Waals surface area contributed by atoms with Crippen LogP contribution in [-0.4, -0.2) is 41.9 Å². The molecule has 1 aromatic carbocycles. The molecule has 2 aliphatic rings. The number of halogens is 1. The molecule has 2 saturated heterocycles. The van der Waals surface area contributed by atoms with Crippen molar-refractivity contribution in [2.24, 2.45) is 0 Å². The van der Waals surface area contributed by atoms with Crippen molar-refractivity contribution in [2.75, 3.05) is 13.1 Å². The lowest BCUT2D eigenvalue weighted by Crippen LogP contribution is -2.50. The number of amides is 2. The molecule has 0 saturated carbocycles. The Morgan fingerprint density at radius 2 is 1.96 bits per heavy atom. The second-order valence-corrected chi connectivity index (χ2v) is 6.04. The van der Waals surface area contributed by atoms with E-state index in [0.29, 0.717) is 13.1 Å². The SMILES string of the molecule is Cl.O=C(NCc1ccccc1)[C@@H]1CCCN1C(=O)[C@@H]1CCCN1. The Bertz CT molecular complexity index is 532. The minimum Gasteiger partial charge on any atom is -0.350 e. The summed E-state index contributed by atoms with van der Waals surface area (Å²) in [4.78, 5) is 26.7. The first-order valence-corrected chi connectivity index (χ1v) is 8.11. The molecule has 1 aromatic rings. The zero-order valence-electron chi connectivity index (χ0n) is 13.2. The molecule has 5 nitrogen and oxygen atoms in total. The van der Waals surface area contributed by atoms with Crippen molar-refractivity contribution < 1.29 is 9.59 Å². The summed E-state index contributed by atoms with van der Waals surface area (Å²) < 4.78 is 0. The number of nitrogens with zero attached hydrogens (tertiary/aromatic N) is 1. The van der Waals surface area contributed by atoms with E-state index >= 15 is 0 Å². The largest absolute Gasteiger partial charge is 0.350 e. The van der Waals surface area contributed by atoms with Gasteiger partial charge in [-0.1, -0.05) is 30.3 Å². The summed E-state index contributed by atoms with van der Waals surface area (Å²) in [7, 11) is 0. The van der Waals surface area contributed by atoms with Crippen LogP contribution in [0.5, 0.6) is 0 Å². The van der Waals surface area contributed by atoms with Gasteiger partial charge in [-0.15, -0.1) is 12.4 Å². The van der Waals surface area contributed by atoms with Crippen LogP contribution >= 0.6 is 12.4 Å². The summed E-state index contributed by atoms with van der Waals surface area (Å²) in [5.74, 6) is 0.0579. The molecular weight excluding hydrogens is 314 g/mol. The zero-order valence-corrected chi connectivity index (χ0v) is 14.0. The lowest BCUT2D eigenvalue weighted by Gasteiger charge is -2.26. The first-order valence-electron chi connectivity index (χ1n) is 8.11. The normalized spacial score (nSPS) is 23.4. The highest BCUT2D eigenvalue weighted by atomic mass is 35.5. The third-order valence-corrected chi connectivity index (χ3v) is 4.51. The van der Waals surface area contributed by atoms with Gasteiger partial charge in [-0.05, 0) is 37.8 Å². The molecule has 2 amide bonds. The Balaban J connectivity index is 0.00000192. The molecule has 2 N–H and O–H groups in total. The van der Waals surface area contributed by atoms with Crippen LogP contribution in [0, 0.1) is 0 Å². The molecule has 0 unspecified atom stereocenters. The van der Waals surface area contributed by atoms with E-state index in [1.165, 1.54) is 0 Å². The number of benzene rings is 1. The Morgan fingerprint density at radius 3 is 2.65 bits per heavy atom. The molecular formula is C17H24ClN3O2. The van der Waals surface area contributed by atoms with Crippen molar-refractivity contribution in [1.82, 2.24) is 15.5 Å². The van der Waals surface area contributed by atoms with Crippen LogP contribution in [0.2, 0.25) is 0 Å². The van der Waals surface area contributed by atoms with Gasteiger partial charge in [-0.2, -0.15) is 0 Å². The fourth-order valence-corrected chi connectivity index (χ4v) is 3.30. The lowest BCUT2D eigenvalue weighted by atomic mass is 10.1. The monoisotopic (exact) mass is 337 g/mol. The molecule has 2 heterocycles. The van der Waals surface area contributed by atoms with Gasteiger partial charge in [0.15, 0.2) is 0 Å². The van der Waals surface area contributed by atoms with Gasteiger partial charge in [0, 0.05) is 13.1 Å². The maximum Gasteiger partial charge on any atom is 0.243 e. The van der Waals surface area contributed by atoms with Crippen molar-refractivity contribution in [2.45, 2.75) is 44.3 Å². The minimum absolute atomic E-state index is 0. The average Bonchev–Trinajstić information content (AvgIpc) is 3.24. The third kappa shape index (κ3) is 4.24. The van der Waals surface area contributed by atoms with Crippen molar-refractivity contribution in [1.29, 1.82) is 0 Å². The summed E-state index contributed by atoms with van der Waals surface area (Å²) in [5.41, 5.74) is 1.07. The highest BCUT2D eigenvalue weighted by molar-refractivity contribution is 5.90. The van der Waals surface area contributed by atoms with Gasteiger partial charge in [0.05, 0.1) is 6.04 Å². The van der Waals surface area contributed by atoms with Crippen molar-refractivity contribution in [3.8, 4) is 0 Å². The van der Waals surface area contributed by atoms with E-state index in [9.17, 15) is 9.59 Å². The molecule has 2 aliphatic heterocycles. The molecule has 6 heteroatoms. The maximum atomic E-state index is 12.5. The lowest BCUT2D eigenvalue weighted by molar-refractivity contribution is -0.139. The van der Waals surface area contributed by atoms with Crippen LogP contribution in [0.1, 0.15) is 31.2 Å². The van der Waals surface area contributed by atoms with Crippen LogP contribution in [0.25, 0.3) is 0 Å². The summed E-state index contributed by atoms with van der Waals surface area (Å²) in [6, 6.07) is 9.44. The molecule has 0 aromatic heterocycles. The maximum absolute atomic E-state index is 12.5. The van der Waals surface area contributed by atoms with Gasteiger partial charge in [0.2, 0.25) is 11.8 Å². The molecule has 3 rings (SSSR count). The van der Waals surface area contributed by atoms with E-state index in [4.69, 9.17) is 0 Å². The van der Waals surface area contributed by atoms with Gasteiger partial charge >= 0.3 is 0 Å². The number of rotatable bonds is 4. The smallest absolute Gasteiger partial charge is 0.243 e. The number of likely N-dealkylation sites (tertiary alicyclic amines) is 1. The standard InChI is InChI=1S/C17H23N3O2.ClH/c21-16(19-12-13-6-2-1-3-7-13)15-9-5-11-20(15)17(22)14-8-4-10-18-14;/h1-3,6-7,14-15,18H,4-5,8-12H2,(H,19,21);1H/t14-,15-;/m0./s1. The van der Waals surface area contributed by atoms with E-state index in [1.54, 1.807) is 4.90 Å². The molecule has 2 fully saturated rings. The third-order valence-electron chi connectivity index (χ3n) is 4.51. The van der Waals surface area contributed by atoms with Crippen LogP contribution in [0.3, 0.4) is 0 Å². The molecule has 126 valence electrons. The fraction of sp³-hybridized carbons (Fsp3) is 0.529. The first-order chi connectivity index (χ1) is 10.8. The number of hydrogen-bond donors (Lipinski definition) is 2. The van der Waals surface area contributed by atoms with Crippen LogP contribution in [0.4, 0.5) is 0 Å². The number of carbonyl (C=O) groups is 2. The van der Waals surface area contributed by atoms with Crippen molar-refractivity contribution in [3.05, 3.63) is 35.9 Å². The first kappa shape index (κ1) is 17.8. The van der Waals surface area contributed by atoms with Crippen LogP contribution in [0.15, 0.2) is 30.3 Å². The van der Waals surface area contributed by atoms with E-state index in [1.807, 2.05) is 30.3 Å². The quantitative estimate of drug-likeness (QED) is 0.874. The van der Waals surface area contributed by atoms with Gasteiger partial charge in [-0.25, -0.2) is 0 Å². The van der Waals surface area contributed by atoms with Crippen molar-refractivity contribution in [3.63, 3.8) is 0 Å². The second kappa shape index (κ2) is 8.31. The van der Waals surface area contributed by atoms with Crippen LogP contribution < -0.4 is 10.6 Å². The van der Waals surface area contributed by atoms with Gasteiger partial charge in [0.25, 0.3) is 0 Å². The minimum atomic E-state index is -0.307. The summed E-state index contributed by atoms with van der Waals surface area (Å²) in [6.07, 6.45) is 3.59. The molecule has 2 atom stereocenters. The summed E-state index contributed by atoms with van der Waals surface area (Å²) >= 11 is 0. The Morgan fingerprint density at radius 1 is 1.17 bits per heavy atom. The van der Waals surface area contributed by atoms with Gasteiger partial charge in [0.1, 0.15) is 6.04 Å². The predicted molar refractivity (Wildman–Crippen MR) is 91.3 cm³/mol. The Hall–Kier alpha value is -1.59. The average molecular weight is 338 g/mol. The highest BCUT2D eigenvalue weighted by Gasteiger charge is 2.37. The molecule has 0 radical (unpaired) electrons. The number of carbonyl (C=O) groups excluding carboxylic acids is 2. The van der Waals surface area contributed by atoms with E-state index in [0.717, 1.165) is 37.8 Å². The van der Waals surface area contributed by atoms with E-state index in [-0.39, 0.29) is 36.3 Å². The van der Waals surface area contributed by atoms with Crippen LogP contribution in [-0.2, 0) is 16.1 Å². The predicted octanol–water partition coefficient (Wildman–Crippen LogP) is 1.47. The van der Waals surface area contributed by atoms with Crippen molar-refractivity contribution >= 4 is 24.2 Å². The fourth-order valence-electron chi connectivity index (χ4n) is 3.30. The van der Waals surface area contributed by atoms with E-state index < -0.39 is 0 Å². The van der Waals surface area contributed by atoms with E-state index in [2.05, 4.69) is 10.6 Å². The summed E-state index contributed by atoms with van der Waals surface area (Å²) in [6.45, 7) is 2.11. The number of hydrogen-bond acceptors (Lipinski definition) is 3. The molecule has 0 bridgehead atoms. The topological polar surface area (TPSA) is 61.4 Å². The van der Waals surface area contributed by atoms with Gasteiger partial charge in [-0.3, -0.25) is 9.59 Å². The highest BCUT2D eigenvalue weighted by Crippen LogP contribution is 2.20. The van der Waals surface area contributed by atoms with Gasteiger partial charge < -0.3 is 15.5 Å². The molecule has 0 spiro atoms. The number of nitrogens with one attached hydrogen (secondary N) is 2. The molecule has 23 heavy (non-hydrogen) atoms.